The fourth-order valence-corrected chi connectivity index (χ4v) is 0.601. The Kier molecular flexibility index (Phi) is 4.07. The molecule has 0 rings (SSSR count). The Morgan fingerprint density at radius 1 is 1.45 bits per heavy atom. The third-order valence-electron chi connectivity index (χ3n) is 1.07. The molecular weight excluding hydrogens is 144 g/mol. The summed E-state index contributed by atoms with van der Waals surface area (Å²) in [4.78, 5) is 10.1. The van der Waals surface area contributed by atoms with Crippen LogP contribution in [-0.2, 0) is 4.79 Å². The van der Waals surface area contributed by atoms with Gasteiger partial charge in [0.1, 0.15) is 0 Å². The van der Waals surface area contributed by atoms with E-state index in [-0.39, 0.29) is 6.42 Å². The van der Waals surface area contributed by atoms with Gasteiger partial charge in [0.15, 0.2) is 0 Å². The highest BCUT2D eigenvalue weighted by atomic mass is 16.4. The van der Waals surface area contributed by atoms with Gasteiger partial charge in [-0.05, 0) is 0 Å². The van der Waals surface area contributed by atoms with E-state index in [4.69, 9.17) is 5.11 Å². The summed E-state index contributed by atoms with van der Waals surface area (Å²) >= 11 is 0. The van der Waals surface area contributed by atoms with Gasteiger partial charge in [0.05, 0.1) is 21.1 Å². The van der Waals surface area contributed by atoms with Crippen molar-refractivity contribution in [3.8, 4) is 0 Å². The average Bonchev–Trinajstić information content (AvgIpc) is 1.78. The van der Waals surface area contributed by atoms with E-state index in [1.807, 2.05) is 21.1 Å². The van der Waals surface area contributed by atoms with E-state index < -0.39 is 5.97 Å². The van der Waals surface area contributed by atoms with Crippen LogP contribution in [0.2, 0.25) is 0 Å². The monoisotopic (exact) mass is 160 g/mol. The van der Waals surface area contributed by atoms with Gasteiger partial charge in [0.2, 0.25) is 0 Å². The molecule has 0 atom stereocenters. The zero-order valence-corrected chi connectivity index (χ0v) is 7.37. The lowest BCUT2D eigenvalue weighted by Crippen LogP contribution is -2.29. The fourth-order valence-electron chi connectivity index (χ4n) is 0.601. The van der Waals surface area contributed by atoms with Gasteiger partial charge in [0.25, 0.3) is 0 Å². The number of carboxylic acids is 1. The molecule has 0 radical (unpaired) electrons. The topological polar surface area (TPSA) is 51.4 Å². The van der Waals surface area contributed by atoms with E-state index in [0.29, 0.717) is 17.6 Å². The van der Waals surface area contributed by atoms with Crippen molar-refractivity contribution in [2.24, 2.45) is 0 Å². The molecule has 0 amide bonds. The second kappa shape index (κ2) is 4.31. The molecule has 0 aromatic heterocycles. The number of hydrogen-bond donors (Lipinski definition) is 1. The first-order valence-corrected chi connectivity index (χ1v) is 3.64. The van der Waals surface area contributed by atoms with E-state index in [1.54, 1.807) is 0 Å². The molecule has 0 aliphatic heterocycles. The van der Waals surface area contributed by atoms with Crippen molar-refractivity contribution in [3.05, 3.63) is 5.43 Å². The molecule has 0 spiro atoms. The second-order valence-corrected chi connectivity index (χ2v) is 3.30. The molecule has 0 aliphatic carbocycles. The first kappa shape index (κ1) is 10.4. The molecule has 0 saturated carbocycles. The minimum Gasteiger partial charge on any atom is -0.481 e. The van der Waals surface area contributed by atoms with Crippen molar-refractivity contribution in [2.45, 2.75) is 12.8 Å². The lowest BCUT2D eigenvalue weighted by atomic mass is 10.3. The molecule has 4 heteroatoms. The summed E-state index contributed by atoms with van der Waals surface area (Å²) in [5.74, 6) is -0.749. The summed E-state index contributed by atoms with van der Waals surface area (Å²) in [5, 5.41) is 8.30. The molecule has 0 aromatic rings. The molecule has 0 saturated heterocycles. The van der Waals surface area contributed by atoms with Crippen LogP contribution in [0.3, 0.4) is 0 Å². The van der Waals surface area contributed by atoms with Crippen molar-refractivity contribution in [1.82, 2.24) is 0 Å². The predicted molar refractivity (Wildman–Crippen MR) is 43.1 cm³/mol. The fraction of sp³-hybridized carbons (Fsp3) is 0.857. The number of aliphatic carboxylic acids is 1. The molecule has 0 aliphatic rings. The summed E-state index contributed by atoms with van der Waals surface area (Å²) in [5.41, 5.74) is 4.20. The SMILES string of the molecule is C[N+](C)(C)[N-]CCCC(=O)O. The highest BCUT2D eigenvalue weighted by Crippen LogP contribution is 2.03. The van der Waals surface area contributed by atoms with Gasteiger partial charge in [0, 0.05) is 6.42 Å². The lowest BCUT2D eigenvalue weighted by molar-refractivity contribution is -0.833. The molecular formula is C7H16N2O2. The van der Waals surface area contributed by atoms with Gasteiger partial charge < -0.3 is 15.1 Å². The summed E-state index contributed by atoms with van der Waals surface area (Å²) in [6.07, 6.45) is 0.842. The number of carbonyl (C=O) groups is 1. The van der Waals surface area contributed by atoms with Crippen molar-refractivity contribution >= 4 is 5.97 Å². The average molecular weight is 160 g/mol. The van der Waals surface area contributed by atoms with E-state index >= 15 is 0 Å². The smallest absolute Gasteiger partial charge is 0.303 e. The van der Waals surface area contributed by atoms with Crippen molar-refractivity contribution in [3.63, 3.8) is 0 Å². The Morgan fingerprint density at radius 2 is 2.00 bits per heavy atom. The minimum atomic E-state index is -0.749. The molecule has 0 unspecified atom stereocenters. The van der Waals surface area contributed by atoms with Crippen LogP contribution in [-0.4, -0.2) is 43.4 Å². The van der Waals surface area contributed by atoms with Crippen molar-refractivity contribution in [2.75, 3.05) is 27.7 Å². The van der Waals surface area contributed by atoms with Crippen LogP contribution in [0.4, 0.5) is 0 Å². The zero-order valence-electron chi connectivity index (χ0n) is 7.37. The lowest BCUT2D eigenvalue weighted by Gasteiger charge is -2.38. The van der Waals surface area contributed by atoms with Crippen LogP contribution in [0.5, 0.6) is 0 Å². The van der Waals surface area contributed by atoms with Crippen LogP contribution in [0.15, 0.2) is 0 Å². The molecule has 0 bridgehead atoms. The van der Waals surface area contributed by atoms with E-state index in [9.17, 15) is 4.79 Å². The van der Waals surface area contributed by atoms with Gasteiger partial charge in [-0.15, -0.1) is 6.54 Å². The Bertz CT molecular complexity index is 129. The number of rotatable bonds is 5. The summed E-state index contributed by atoms with van der Waals surface area (Å²) in [7, 11) is 5.84. The van der Waals surface area contributed by atoms with Gasteiger partial charge in [-0.1, -0.05) is 6.42 Å². The number of carboxylic acid groups (broad SMARTS) is 1. The van der Waals surface area contributed by atoms with Gasteiger partial charge >= 0.3 is 5.97 Å². The third kappa shape index (κ3) is 9.39. The third-order valence-corrected chi connectivity index (χ3v) is 1.07. The van der Waals surface area contributed by atoms with E-state index in [2.05, 4.69) is 5.43 Å². The second-order valence-electron chi connectivity index (χ2n) is 3.30. The standard InChI is InChI=1S/C7H16N2O2/c1-9(2,3)8-6-4-5-7(10)11/h4-6H2,1-3H3,(H,10,11). The Labute approximate surface area is 67.4 Å². The molecule has 4 nitrogen and oxygen atoms in total. The predicted octanol–water partition coefficient (Wildman–Crippen LogP) is 0.846. The maximum Gasteiger partial charge on any atom is 0.303 e. The van der Waals surface area contributed by atoms with Gasteiger partial charge in [-0.3, -0.25) is 4.79 Å². The molecule has 0 heterocycles. The maximum atomic E-state index is 10.1. The Hall–Kier alpha value is -0.610. The first-order valence-electron chi connectivity index (χ1n) is 3.64. The van der Waals surface area contributed by atoms with Crippen LogP contribution >= 0.6 is 0 Å². The minimum absolute atomic E-state index is 0.212. The van der Waals surface area contributed by atoms with Gasteiger partial charge in [-0.2, -0.15) is 0 Å². The number of nitrogens with zero attached hydrogens (tertiary/aromatic N) is 2. The van der Waals surface area contributed by atoms with Crippen LogP contribution in [0.25, 0.3) is 5.43 Å². The number of hydrogen-bond acceptors (Lipinski definition) is 1. The molecule has 0 aromatic carbocycles. The largest absolute Gasteiger partial charge is 0.481 e. The molecule has 11 heavy (non-hydrogen) atoms. The van der Waals surface area contributed by atoms with Crippen LogP contribution in [0.1, 0.15) is 12.8 Å². The normalized spacial score (nSPS) is 11.5. The summed E-state index contributed by atoms with van der Waals surface area (Å²) in [6.45, 7) is 0.621. The summed E-state index contributed by atoms with van der Waals surface area (Å²) < 4.78 is 0.541. The summed E-state index contributed by atoms with van der Waals surface area (Å²) in [6, 6.07) is 0. The van der Waals surface area contributed by atoms with Crippen molar-refractivity contribution < 1.29 is 14.5 Å². The van der Waals surface area contributed by atoms with E-state index in [1.165, 1.54) is 0 Å². The quantitative estimate of drug-likeness (QED) is 0.368. The Balaban J connectivity index is 3.22. The van der Waals surface area contributed by atoms with Crippen LogP contribution in [0, 0.1) is 0 Å². The maximum absolute atomic E-state index is 10.1. The molecule has 66 valence electrons. The van der Waals surface area contributed by atoms with Crippen molar-refractivity contribution in [1.29, 1.82) is 0 Å². The zero-order chi connectivity index (χ0) is 8.91. The van der Waals surface area contributed by atoms with Gasteiger partial charge in [-0.25, -0.2) is 0 Å². The van der Waals surface area contributed by atoms with E-state index in [0.717, 1.165) is 0 Å². The highest BCUT2D eigenvalue weighted by molar-refractivity contribution is 5.66. The highest BCUT2D eigenvalue weighted by Gasteiger charge is 1.95. The molecule has 1 N–H and O–H groups in total. The van der Waals surface area contributed by atoms with Crippen LogP contribution < -0.4 is 0 Å². The molecule has 0 fully saturated rings. The first-order chi connectivity index (χ1) is 4.92. The number of quaternary nitrogens is 1. The Morgan fingerprint density at radius 3 is 2.36 bits per heavy atom.